The van der Waals surface area contributed by atoms with E-state index in [4.69, 9.17) is 25.8 Å². The van der Waals surface area contributed by atoms with Crippen LogP contribution in [0.1, 0.15) is 50.8 Å². The highest BCUT2D eigenvalue weighted by atomic mass is 35.5. The number of hydrogen-bond acceptors (Lipinski definition) is 8. The molecule has 0 radical (unpaired) electrons. The number of ether oxygens (including phenoxy) is 3. The molecule has 1 aliphatic rings. The van der Waals surface area contributed by atoms with Crippen molar-refractivity contribution in [1.82, 2.24) is 14.8 Å². The summed E-state index contributed by atoms with van der Waals surface area (Å²) in [6.45, 7) is 6.13. The normalized spacial score (nSPS) is 14.6. The smallest absolute Gasteiger partial charge is 0.338 e. The number of benzene rings is 2. The van der Waals surface area contributed by atoms with Gasteiger partial charge < -0.3 is 19.5 Å². The van der Waals surface area contributed by atoms with Gasteiger partial charge in [0.1, 0.15) is 18.5 Å². The van der Waals surface area contributed by atoms with Crippen LogP contribution < -0.4 is 14.8 Å². The number of halogens is 2. The van der Waals surface area contributed by atoms with Gasteiger partial charge in [-0.05, 0) is 48.9 Å². The van der Waals surface area contributed by atoms with Gasteiger partial charge in [-0.15, -0.1) is 5.10 Å². The van der Waals surface area contributed by atoms with Crippen LogP contribution in [-0.2, 0) is 16.1 Å². The Hall–Kier alpha value is -3.24. The zero-order valence-electron chi connectivity index (χ0n) is 21.7. The number of methoxy groups -OCH3 is 1. The van der Waals surface area contributed by atoms with Crippen LogP contribution >= 0.6 is 23.4 Å². The molecule has 8 nitrogen and oxygen atoms in total. The molecule has 1 atom stereocenters. The first-order chi connectivity index (χ1) is 18.4. The summed E-state index contributed by atoms with van der Waals surface area (Å²) < 4.78 is 33.0. The predicted octanol–water partition coefficient (Wildman–Crippen LogP) is 6.40. The molecule has 1 unspecified atom stereocenters. The second kappa shape index (κ2) is 12.5. The topological polar surface area (TPSA) is 87.5 Å². The molecule has 1 aliphatic heterocycles. The van der Waals surface area contributed by atoms with Crippen LogP contribution in [0, 0.1) is 5.82 Å². The zero-order chi connectivity index (χ0) is 27.2. The van der Waals surface area contributed by atoms with Crippen molar-refractivity contribution in [2.75, 3.05) is 24.8 Å². The van der Waals surface area contributed by atoms with Crippen molar-refractivity contribution in [2.24, 2.45) is 0 Å². The van der Waals surface area contributed by atoms with Crippen molar-refractivity contribution in [3.8, 4) is 11.5 Å². The van der Waals surface area contributed by atoms with E-state index in [1.165, 1.54) is 24.9 Å². The third-order valence-electron chi connectivity index (χ3n) is 5.99. The predicted molar refractivity (Wildman–Crippen MR) is 145 cm³/mol. The standard InChI is InChI=1S/C27H30ClFN4O4S/c1-5-7-13-36-25(34)23-16(3)30-26-31-27(38-6-2)32-33(26)24(23)17-11-12-21(22(14-17)35-4)37-15-18-19(28)9-8-10-20(18)29/h8-12,14,24H,5-7,13,15H2,1-4H3,(H,30,31,32). The van der Waals surface area contributed by atoms with Gasteiger partial charge in [-0.1, -0.05) is 55.8 Å². The van der Waals surface area contributed by atoms with Crippen LogP contribution in [0.5, 0.6) is 11.5 Å². The highest BCUT2D eigenvalue weighted by molar-refractivity contribution is 7.99. The lowest BCUT2D eigenvalue weighted by molar-refractivity contribution is -0.139. The van der Waals surface area contributed by atoms with Gasteiger partial charge in [0.2, 0.25) is 11.1 Å². The quantitative estimate of drug-likeness (QED) is 0.164. The van der Waals surface area contributed by atoms with Crippen LogP contribution in [0.4, 0.5) is 10.3 Å². The lowest BCUT2D eigenvalue weighted by Gasteiger charge is -2.28. The van der Waals surface area contributed by atoms with Gasteiger partial charge in [-0.3, -0.25) is 0 Å². The SMILES string of the molecule is CCCCOC(=O)C1=C(C)Nc2nc(SCC)nn2C1c1ccc(OCc2c(F)cccc2Cl)c(OC)c1. The number of rotatable bonds is 11. The largest absolute Gasteiger partial charge is 0.493 e. The summed E-state index contributed by atoms with van der Waals surface area (Å²) in [7, 11) is 1.52. The van der Waals surface area contributed by atoms with Crippen molar-refractivity contribution in [3.05, 3.63) is 69.6 Å². The maximum atomic E-state index is 14.2. The monoisotopic (exact) mass is 560 g/mol. The number of thioether (sulfide) groups is 1. The third-order valence-corrected chi connectivity index (χ3v) is 7.07. The summed E-state index contributed by atoms with van der Waals surface area (Å²) in [5.41, 5.74) is 2.04. The second-order valence-electron chi connectivity index (χ2n) is 8.55. The lowest BCUT2D eigenvalue weighted by atomic mass is 9.95. The van der Waals surface area contributed by atoms with E-state index in [9.17, 15) is 9.18 Å². The summed E-state index contributed by atoms with van der Waals surface area (Å²) in [6, 6.07) is 9.19. The fourth-order valence-corrected chi connectivity index (χ4v) is 4.85. The Morgan fingerprint density at radius 3 is 2.76 bits per heavy atom. The highest BCUT2D eigenvalue weighted by Gasteiger charge is 2.35. The molecular formula is C27H30ClFN4O4S. The molecule has 4 rings (SSSR count). The van der Waals surface area contributed by atoms with Crippen LogP contribution in [0.2, 0.25) is 5.02 Å². The molecule has 2 aromatic carbocycles. The molecule has 0 saturated heterocycles. The number of nitrogens with one attached hydrogen (secondary N) is 1. The van der Waals surface area contributed by atoms with Crippen LogP contribution in [0.3, 0.4) is 0 Å². The van der Waals surface area contributed by atoms with Gasteiger partial charge in [0, 0.05) is 11.3 Å². The maximum Gasteiger partial charge on any atom is 0.338 e. The average molecular weight is 561 g/mol. The fraction of sp³-hybridized carbons (Fsp3) is 0.370. The third kappa shape index (κ3) is 5.91. The van der Waals surface area contributed by atoms with Gasteiger partial charge in [-0.25, -0.2) is 13.9 Å². The molecule has 11 heteroatoms. The Morgan fingerprint density at radius 1 is 1.24 bits per heavy atom. The average Bonchev–Trinajstić information content (AvgIpc) is 3.29. The molecule has 2 heterocycles. The second-order valence-corrected chi connectivity index (χ2v) is 10.2. The minimum Gasteiger partial charge on any atom is -0.493 e. The van der Waals surface area contributed by atoms with E-state index in [-0.39, 0.29) is 17.2 Å². The van der Waals surface area contributed by atoms with Crippen molar-refractivity contribution in [3.63, 3.8) is 0 Å². The highest BCUT2D eigenvalue weighted by Crippen LogP contribution is 2.40. The van der Waals surface area contributed by atoms with Crippen LogP contribution in [-0.4, -0.2) is 40.2 Å². The fourth-order valence-electron chi connectivity index (χ4n) is 4.07. The van der Waals surface area contributed by atoms with Crippen LogP contribution in [0.25, 0.3) is 0 Å². The summed E-state index contributed by atoms with van der Waals surface area (Å²) in [6.07, 6.45) is 1.68. The molecule has 1 aromatic heterocycles. The number of anilines is 1. The Balaban J connectivity index is 1.70. The first-order valence-corrected chi connectivity index (χ1v) is 13.7. The Kier molecular flexibility index (Phi) is 9.17. The molecule has 3 aromatic rings. The van der Waals surface area contributed by atoms with E-state index in [1.807, 2.05) is 26.8 Å². The van der Waals surface area contributed by atoms with E-state index >= 15 is 0 Å². The van der Waals surface area contributed by atoms with Crippen LogP contribution in [0.15, 0.2) is 52.8 Å². The summed E-state index contributed by atoms with van der Waals surface area (Å²) in [5.74, 6) is 1.27. The summed E-state index contributed by atoms with van der Waals surface area (Å²) in [5, 5.41) is 8.75. The zero-order valence-corrected chi connectivity index (χ0v) is 23.3. The number of nitrogens with zero attached hydrogens (tertiary/aromatic N) is 3. The molecular weight excluding hydrogens is 531 g/mol. The number of hydrogen-bond donors (Lipinski definition) is 1. The molecule has 38 heavy (non-hydrogen) atoms. The maximum absolute atomic E-state index is 14.2. The number of fused-ring (bicyclic) bond motifs is 1. The number of aromatic nitrogens is 3. The lowest BCUT2D eigenvalue weighted by Crippen LogP contribution is -2.29. The van der Waals surface area contributed by atoms with Crippen molar-refractivity contribution in [2.45, 2.75) is 51.4 Å². The molecule has 0 aliphatic carbocycles. The van der Waals surface area contributed by atoms with Gasteiger partial charge in [0.05, 0.1) is 24.3 Å². The summed E-state index contributed by atoms with van der Waals surface area (Å²) >= 11 is 7.66. The molecule has 0 bridgehead atoms. The molecule has 0 spiro atoms. The minimum absolute atomic E-state index is 0.0760. The van der Waals surface area contributed by atoms with E-state index in [0.717, 1.165) is 24.2 Å². The Morgan fingerprint density at radius 2 is 2.05 bits per heavy atom. The summed E-state index contributed by atoms with van der Waals surface area (Å²) in [4.78, 5) is 17.9. The van der Waals surface area contributed by atoms with Gasteiger partial charge in [0.15, 0.2) is 11.5 Å². The van der Waals surface area contributed by atoms with Crippen molar-refractivity contribution < 1.29 is 23.4 Å². The molecule has 0 fully saturated rings. The Bertz CT molecular complexity index is 1330. The number of allylic oxidation sites excluding steroid dienone is 1. The van der Waals surface area contributed by atoms with E-state index in [1.54, 1.807) is 28.9 Å². The molecule has 1 N–H and O–H groups in total. The van der Waals surface area contributed by atoms with E-state index in [0.29, 0.717) is 40.5 Å². The number of esters is 1. The van der Waals surface area contributed by atoms with Crippen molar-refractivity contribution in [1.29, 1.82) is 0 Å². The van der Waals surface area contributed by atoms with E-state index < -0.39 is 17.8 Å². The molecule has 0 amide bonds. The number of unbranched alkanes of at least 4 members (excludes halogenated alkanes) is 1. The molecule has 202 valence electrons. The Labute approximate surface area is 230 Å². The van der Waals surface area contributed by atoms with Gasteiger partial charge in [0.25, 0.3) is 0 Å². The number of carbonyl (C=O) groups is 1. The van der Waals surface area contributed by atoms with Crippen molar-refractivity contribution >= 4 is 35.3 Å². The van der Waals surface area contributed by atoms with E-state index in [2.05, 4.69) is 15.4 Å². The molecule has 0 saturated carbocycles. The number of carbonyl (C=O) groups excluding carboxylic acids is 1. The van der Waals surface area contributed by atoms with Gasteiger partial charge >= 0.3 is 5.97 Å². The first-order valence-electron chi connectivity index (χ1n) is 12.4. The minimum atomic E-state index is -0.608. The first kappa shape index (κ1) is 27.8. The van der Waals surface area contributed by atoms with Gasteiger partial charge in [-0.2, -0.15) is 4.98 Å².